The second-order valence-electron chi connectivity index (χ2n) is 24.6. The number of nitrogens with zero attached hydrogens (tertiary/aromatic N) is 3. The van der Waals surface area contributed by atoms with Gasteiger partial charge in [0.25, 0.3) is 0 Å². The fraction of sp³-hybridized carbons (Fsp3) is 0.982. The molecular formula is C56H92F3N3O. The van der Waals surface area contributed by atoms with Crippen molar-refractivity contribution in [2.24, 2.45) is 41.4 Å². The Kier molecular flexibility index (Phi) is 15.3. The predicted octanol–water partition coefficient (Wildman–Crippen LogP) is 14.6. The minimum absolute atomic E-state index is 0.375. The molecule has 1 aliphatic heterocycles. The summed E-state index contributed by atoms with van der Waals surface area (Å²) in [6.45, 7) is 0. The summed E-state index contributed by atoms with van der Waals surface area (Å²) in [4.78, 5) is 21.7. The first-order chi connectivity index (χ1) is 30.8. The van der Waals surface area contributed by atoms with Crippen LogP contribution in [-0.2, 0) is 4.79 Å². The Bertz CT molecular complexity index is 1300. The van der Waals surface area contributed by atoms with Crippen molar-refractivity contribution in [2.75, 3.05) is 0 Å². The largest absolute Gasteiger partial charge is 0.450 e. The maximum atomic E-state index is 13.6. The van der Waals surface area contributed by atoms with Crippen molar-refractivity contribution < 1.29 is 18.0 Å². The highest BCUT2D eigenvalue weighted by atomic mass is 19.4. The van der Waals surface area contributed by atoms with Crippen LogP contribution in [-0.4, -0.2) is 81.0 Å². The lowest BCUT2D eigenvalue weighted by atomic mass is 9.62. The molecule has 0 amide bonds. The number of fused-ring (bicyclic) bond motifs is 3. The summed E-state index contributed by atoms with van der Waals surface area (Å²) in [6.07, 6.45) is 46.4. The molecule has 10 rings (SSSR count). The van der Waals surface area contributed by atoms with E-state index < -0.39 is 17.9 Å². The van der Waals surface area contributed by atoms with E-state index >= 15 is 0 Å². The van der Waals surface area contributed by atoms with Gasteiger partial charge in [-0.1, -0.05) is 77.0 Å². The number of rotatable bonds is 10. The molecular weight excluding hydrogens is 788 g/mol. The van der Waals surface area contributed by atoms with Crippen molar-refractivity contribution in [1.82, 2.24) is 14.7 Å². The van der Waals surface area contributed by atoms with Crippen molar-refractivity contribution >= 4 is 5.78 Å². The van der Waals surface area contributed by atoms with Gasteiger partial charge in [-0.05, 0) is 202 Å². The van der Waals surface area contributed by atoms with Crippen LogP contribution in [0.3, 0.4) is 0 Å². The van der Waals surface area contributed by atoms with Gasteiger partial charge in [0.15, 0.2) is 0 Å². The molecule has 0 spiro atoms. The summed E-state index contributed by atoms with van der Waals surface area (Å²) < 4.78 is 40.7. The third-order valence-corrected chi connectivity index (χ3v) is 21.5. The molecule has 0 aromatic rings. The molecule has 4 nitrogen and oxygen atoms in total. The number of halogens is 3. The molecule has 0 aromatic heterocycles. The molecule has 0 N–H and O–H groups in total. The minimum atomic E-state index is -4.69. The first-order valence-corrected chi connectivity index (χ1v) is 28.7. The van der Waals surface area contributed by atoms with Crippen molar-refractivity contribution in [2.45, 2.75) is 305 Å². The predicted molar refractivity (Wildman–Crippen MR) is 251 cm³/mol. The van der Waals surface area contributed by atoms with E-state index in [4.69, 9.17) is 0 Å². The van der Waals surface area contributed by atoms with Crippen LogP contribution >= 0.6 is 0 Å². The number of hydrogen-bond acceptors (Lipinski definition) is 4. The molecule has 1 saturated heterocycles. The van der Waals surface area contributed by atoms with Gasteiger partial charge >= 0.3 is 6.18 Å². The van der Waals surface area contributed by atoms with Gasteiger partial charge in [-0.15, -0.1) is 0 Å². The highest BCUT2D eigenvalue weighted by molar-refractivity contribution is 5.86. The second kappa shape index (κ2) is 20.9. The smallest absolute Gasteiger partial charge is 0.294 e. The van der Waals surface area contributed by atoms with Gasteiger partial charge in [0, 0.05) is 60.3 Å². The van der Waals surface area contributed by atoms with Gasteiger partial charge in [-0.25, -0.2) is 0 Å². The van der Waals surface area contributed by atoms with E-state index in [1.165, 1.54) is 218 Å². The average Bonchev–Trinajstić information content (AvgIpc) is 3.66. The van der Waals surface area contributed by atoms with Gasteiger partial charge < -0.3 is 0 Å². The number of Topliss-reactive ketones (excluding diaryl/α,β-unsaturated/α-hetero) is 1. The van der Waals surface area contributed by atoms with E-state index in [0.717, 1.165) is 84.6 Å². The lowest BCUT2D eigenvalue weighted by Crippen LogP contribution is -2.52. The Labute approximate surface area is 383 Å². The van der Waals surface area contributed by atoms with E-state index in [-0.39, 0.29) is 0 Å². The fourth-order valence-electron chi connectivity index (χ4n) is 18.7. The molecule has 10 aliphatic rings. The summed E-state index contributed by atoms with van der Waals surface area (Å²) in [5.41, 5.74) is 0. The van der Waals surface area contributed by atoms with Crippen molar-refractivity contribution in [1.29, 1.82) is 0 Å². The van der Waals surface area contributed by atoms with Crippen LogP contribution < -0.4 is 0 Å². The van der Waals surface area contributed by atoms with E-state index in [1.54, 1.807) is 0 Å². The van der Waals surface area contributed by atoms with Crippen LogP contribution in [0.2, 0.25) is 0 Å². The zero-order valence-corrected chi connectivity index (χ0v) is 40.0. The van der Waals surface area contributed by atoms with Crippen LogP contribution in [0.25, 0.3) is 0 Å². The molecule has 1 heterocycles. The third kappa shape index (κ3) is 10.2. The lowest BCUT2D eigenvalue weighted by molar-refractivity contribution is -0.177. The second-order valence-corrected chi connectivity index (χ2v) is 24.6. The standard InChI is InChI=1S/C56H92F3N3O/c57-56(58,59)55(63)41-25-33-50(34-26-41)62-53-35-27-42(39-21-29-48(30-22-39)60(44-13-5-1-6-14-44)45-15-7-2-8-16-45)37-51(53)52-38-43(28-36-54(52)62)40-23-31-49(32-24-40)61(46-17-9-3-10-18-46)47-19-11-4-12-20-47/h39-54H,1-38H2. The summed E-state index contributed by atoms with van der Waals surface area (Å²) in [7, 11) is 0. The Morgan fingerprint density at radius 3 is 1.02 bits per heavy atom. The topological polar surface area (TPSA) is 26.8 Å². The number of carbonyl (C=O) groups excluding carboxylic acids is 1. The molecule has 9 saturated carbocycles. The van der Waals surface area contributed by atoms with Gasteiger partial charge in [-0.2, -0.15) is 13.2 Å². The number of likely N-dealkylation sites (tertiary alicyclic amines) is 1. The molecule has 0 radical (unpaired) electrons. The number of alkyl halides is 3. The number of hydrogen-bond donors (Lipinski definition) is 0. The van der Waals surface area contributed by atoms with E-state index in [0.29, 0.717) is 31.0 Å². The van der Waals surface area contributed by atoms with Crippen LogP contribution in [0.15, 0.2) is 0 Å². The molecule has 63 heavy (non-hydrogen) atoms. The summed E-state index contributed by atoms with van der Waals surface area (Å²) in [6, 6.07) is 6.66. The van der Waals surface area contributed by atoms with Crippen LogP contribution in [0.1, 0.15) is 244 Å². The molecule has 0 aromatic carbocycles. The van der Waals surface area contributed by atoms with Gasteiger partial charge in [0.1, 0.15) is 0 Å². The summed E-state index contributed by atoms with van der Waals surface area (Å²) in [5, 5.41) is 0. The monoisotopic (exact) mass is 880 g/mol. The Hall–Kier alpha value is -0.660. The van der Waals surface area contributed by atoms with Crippen LogP contribution in [0.4, 0.5) is 13.2 Å². The maximum Gasteiger partial charge on any atom is 0.450 e. The number of carbonyl (C=O) groups is 1. The average molecular weight is 880 g/mol. The third-order valence-electron chi connectivity index (χ3n) is 21.5. The molecule has 358 valence electrons. The Morgan fingerprint density at radius 1 is 0.365 bits per heavy atom. The summed E-state index contributed by atoms with van der Waals surface area (Å²) in [5.74, 6) is 2.80. The zero-order chi connectivity index (χ0) is 42.9. The normalized spacial score (nSPS) is 41.4. The minimum Gasteiger partial charge on any atom is -0.294 e. The first kappa shape index (κ1) is 46.1. The van der Waals surface area contributed by atoms with E-state index in [2.05, 4.69) is 14.7 Å². The molecule has 6 atom stereocenters. The molecule has 10 fully saturated rings. The fourth-order valence-corrected chi connectivity index (χ4v) is 18.7. The highest BCUT2D eigenvalue weighted by Gasteiger charge is 2.56. The Balaban J connectivity index is 0.810. The Morgan fingerprint density at radius 2 is 0.683 bits per heavy atom. The van der Waals surface area contributed by atoms with Crippen molar-refractivity contribution in [3.05, 3.63) is 0 Å². The highest BCUT2D eigenvalue weighted by Crippen LogP contribution is 2.57. The summed E-state index contributed by atoms with van der Waals surface area (Å²) >= 11 is 0. The van der Waals surface area contributed by atoms with Gasteiger partial charge in [-0.3, -0.25) is 19.5 Å². The molecule has 6 unspecified atom stereocenters. The quantitative estimate of drug-likeness (QED) is 0.218. The van der Waals surface area contributed by atoms with Crippen molar-refractivity contribution in [3.63, 3.8) is 0 Å². The maximum absolute atomic E-state index is 13.6. The molecule has 0 bridgehead atoms. The van der Waals surface area contributed by atoms with E-state index in [9.17, 15) is 18.0 Å². The van der Waals surface area contributed by atoms with Gasteiger partial charge in [0.2, 0.25) is 5.78 Å². The SMILES string of the molecule is O=C(C1CCC(N2C3CCC(C4CCC(N(C5CCCCC5)C5CCCCC5)CC4)CC3C3CC(C4CCC(N(C5CCCCC5)C5CCCCC5)CC4)CCC32)CC1)C(F)(F)F. The lowest BCUT2D eigenvalue weighted by Gasteiger charge is -2.50. The first-order valence-electron chi connectivity index (χ1n) is 28.7. The molecule has 7 heteroatoms. The van der Waals surface area contributed by atoms with E-state index in [1.807, 2.05) is 0 Å². The molecule has 9 aliphatic carbocycles. The number of ketones is 1. The van der Waals surface area contributed by atoms with Crippen molar-refractivity contribution in [3.8, 4) is 0 Å². The van der Waals surface area contributed by atoms with Crippen LogP contribution in [0, 0.1) is 41.4 Å². The zero-order valence-electron chi connectivity index (χ0n) is 40.0. The van der Waals surface area contributed by atoms with Gasteiger partial charge in [0.05, 0.1) is 0 Å². The van der Waals surface area contributed by atoms with Crippen LogP contribution in [0.5, 0.6) is 0 Å².